The second kappa shape index (κ2) is 7.85. The molecule has 1 amide bonds. The number of rotatable bonds is 7. The minimum Gasteiger partial charge on any atom is -0.325 e. The maximum atomic E-state index is 12.4. The summed E-state index contributed by atoms with van der Waals surface area (Å²) in [6.07, 6.45) is 8.89. The van der Waals surface area contributed by atoms with Crippen LogP contribution in [0.2, 0.25) is 0 Å². The molecule has 2 aliphatic carbocycles. The molecule has 0 aromatic heterocycles. The standard InChI is InChI=1S/C18H27N3O3S/c19-25(23,24)17-10-6-15(7-11-17)20-18(22)13-21(16-8-9-16)12-14-4-2-1-3-5-14/h6-7,10-11,14,16H,1-5,8-9,12-13H2,(H,20,22)(H2,19,23,24). The van der Waals surface area contributed by atoms with Crippen LogP contribution in [0, 0.1) is 5.92 Å². The molecule has 0 saturated heterocycles. The fraction of sp³-hybridized carbons (Fsp3) is 0.611. The van der Waals surface area contributed by atoms with Crippen molar-refractivity contribution < 1.29 is 13.2 Å². The summed E-state index contributed by atoms with van der Waals surface area (Å²) in [4.78, 5) is 14.8. The highest BCUT2D eigenvalue weighted by Gasteiger charge is 2.32. The van der Waals surface area contributed by atoms with Crippen molar-refractivity contribution in [1.82, 2.24) is 4.90 Å². The number of sulfonamides is 1. The monoisotopic (exact) mass is 365 g/mol. The van der Waals surface area contributed by atoms with Crippen molar-refractivity contribution in [2.45, 2.75) is 55.9 Å². The van der Waals surface area contributed by atoms with E-state index in [9.17, 15) is 13.2 Å². The Morgan fingerprint density at radius 2 is 1.72 bits per heavy atom. The van der Waals surface area contributed by atoms with E-state index in [0.717, 1.165) is 12.5 Å². The van der Waals surface area contributed by atoms with E-state index < -0.39 is 10.0 Å². The van der Waals surface area contributed by atoms with E-state index in [0.29, 0.717) is 18.3 Å². The highest BCUT2D eigenvalue weighted by Crippen LogP contribution is 2.31. The molecular weight excluding hydrogens is 338 g/mol. The third-order valence-corrected chi connectivity index (χ3v) is 6.02. The van der Waals surface area contributed by atoms with Gasteiger partial charge in [-0.2, -0.15) is 0 Å². The summed E-state index contributed by atoms with van der Waals surface area (Å²) in [5.74, 6) is 0.669. The van der Waals surface area contributed by atoms with Crippen LogP contribution in [-0.2, 0) is 14.8 Å². The Hall–Kier alpha value is -1.44. The molecule has 0 radical (unpaired) electrons. The van der Waals surface area contributed by atoms with Crippen molar-refractivity contribution in [3.8, 4) is 0 Å². The largest absolute Gasteiger partial charge is 0.325 e. The molecule has 0 atom stereocenters. The van der Waals surface area contributed by atoms with Crippen LogP contribution in [0.5, 0.6) is 0 Å². The van der Waals surface area contributed by atoms with E-state index >= 15 is 0 Å². The summed E-state index contributed by atoms with van der Waals surface area (Å²) >= 11 is 0. The van der Waals surface area contributed by atoms with E-state index in [2.05, 4.69) is 10.2 Å². The molecule has 0 bridgehead atoms. The number of primary sulfonamides is 1. The summed E-state index contributed by atoms with van der Waals surface area (Å²) in [5, 5.41) is 7.94. The molecule has 2 fully saturated rings. The molecule has 2 aliphatic rings. The topological polar surface area (TPSA) is 92.5 Å². The molecule has 0 unspecified atom stereocenters. The Morgan fingerprint density at radius 3 is 2.28 bits per heavy atom. The molecule has 0 heterocycles. The number of anilines is 1. The van der Waals surface area contributed by atoms with Crippen molar-refractivity contribution in [1.29, 1.82) is 0 Å². The van der Waals surface area contributed by atoms with Gasteiger partial charge in [-0.15, -0.1) is 0 Å². The van der Waals surface area contributed by atoms with E-state index in [1.54, 1.807) is 12.1 Å². The van der Waals surface area contributed by atoms with Crippen LogP contribution in [0.15, 0.2) is 29.2 Å². The van der Waals surface area contributed by atoms with Crippen LogP contribution in [-0.4, -0.2) is 38.4 Å². The number of hydrogen-bond acceptors (Lipinski definition) is 4. The fourth-order valence-corrected chi connectivity index (χ4v) is 4.11. The zero-order valence-electron chi connectivity index (χ0n) is 14.5. The third kappa shape index (κ3) is 5.52. The molecule has 0 aliphatic heterocycles. The first-order chi connectivity index (χ1) is 11.9. The number of benzene rings is 1. The van der Waals surface area contributed by atoms with Gasteiger partial charge in [0.2, 0.25) is 15.9 Å². The number of nitrogens with two attached hydrogens (primary N) is 1. The van der Waals surface area contributed by atoms with Crippen LogP contribution < -0.4 is 10.5 Å². The molecule has 1 aromatic rings. The summed E-state index contributed by atoms with van der Waals surface area (Å²) < 4.78 is 22.5. The number of carbonyl (C=O) groups excluding carboxylic acids is 1. The van der Waals surface area contributed by atoms with Gasteiger partial charge < -0.3 is 5.32 Å². The maximum absolute atomic E-state index is 12.4. The first-order valence-electron chi connectivity index (χ1n) is 9.08. The molecule has 3 N–H and O–H groups in total. The van der Waals surface area contributed by atoms with Gasteiger partial charge in [0, 0.05) is 18.3 Å². The average Bonchev–Trinajstić information content (AvgIpc) is 3.40. The second-order valence-electron chi connectivity index (χ2n) is 7.28. The lowest BCUT2D eigenvalue weighted by molar-refractivity contribution is -0.117. The van der Waals surface area contributed by atoms with Crippen molar-refractivity contribution in [3.05, 3.63) is 24.3 Å². The zero-order valence-corrected chi connectivity index (χ0v) is 15.3. The van der Waals surface area contributed by atoms with Crippen molar-refractivity contribution in [3.63, 3.8) is 0 Å². The fourth-order valence-electron chi connectivity index (χ4n) is 3.60. The summed E-state index contributed by atoms with van der Waals surface area (Å²) in [5.41, 5.74) is 0.589. The van der Waals surface area contributed by atoms with Crippen molar-refractivity contribution in [2.24, 2.45) is 11.1 Å². The van der Waals surface area contributed by atoms with Gasteiger partial charge in [-0.3, -0.25) is 9.69 Å². The molecule has 25 heavy (non-hydrogen) atoms. The van der Waals surface area contributed by atoms with Crippen molar-refractivity contribution in [2.75, 3.05) is 18.4 Å². The summed E-state index contributed by atoms with van der Waals surface area (Å²) in [6, 6.07) is 6.51. The van der Waals surface area contributed by atoms with Gasteiger partial charge in [-0.05, 0) is 55.9 Å². The lowest BCUT2D eigenvalue weighted by Gasteiger charge is -2.29. The molecule has 7 heteroatoms. The predicted molar refractivity (Wildman–Crippen MR) is 97.6 cm³/mol. The van der Waals surface area contributed by atoms with Gasteiger partial charge in [0.15, 0.2) is 0 Å². The molecule has 2 saturated carbocycles. The number of amides is 1. The number of hydrogen-bond donors (Lipinski definition) is 2. The SMILES string of the molecule is NS(=O)(=O)c1ccc(NC(=O)CN(CC2CCCCC2)C2CC2)cc1. The van der Waals surface area contributed by atoms with Crippen LogP contribution >= 0.6 is 0 Å². The molecule has 6 nitrogen and oxygen atoms in total. The summed E-state index contributed by atoms with van der Waals surface area (Å²) in [6.45, 7) is 1.42. The zero-order chi connectivity index (χ0) is 17.9. The quantitative estimate of drug-likeness (QED) is 0.775. The smallest absolute Gasteiger partial charge is 0.238 e. The molecule has 3 rings (SSSR count). The predicted octanol–water partition coefficient (Wildman–Crippen LogP) is 2.32. The number of nitrogens with zero attached hydrogens (tertiary/aromatic N) is 1. The lowest BCUT2D eigenvalue weighted by atomic mass is 9.89. The minimum absolute atomic E-state index is 0.0439. The first kappa shape index (κ1) is 18.4. The second-order valence-corrected chi connectivity index (χ2v) is 8.84. The van der Waals surface area contributed by atoms with E-state index in [1.807, 2.05) is 0 Å². The highest BCUT2D eigenvalue weighted by atomic mass is 32.2. The van der Waals surface area contributed by atoms with Gasteiger partial charge in [0.1, 0.15) is 0 Å². The van der Waals surface area contributed by atoms with Gasteiger partial charge in [0.25, 0.3) is 0 Å². The van der Waals surface area contributed by atoms with Gasteiger partial charge in [-0.1, -0.05) is 19.3 Å². The van der Waals surface area contributed by atoms with Crippen molar-refractivity contribution >= 4 is 21.6 Å². The van der Waals surface area contributed by atoms with Gasteiger partial charge >= 0.3 is 0 Å². The van der Waals surface area contributed by atoms with E-state index in [4.69, 9.17) is 5.14 Å². The Balaban J connectivity index is 1.54. The van der Waals surface area contributed by atoms with Crippen LogP contribution in [0.4, 0.5) is 5.69 Å². The van der Waals surface area contributed by atoms with Crippen LogP contribution in [0.25, 0.3) is 0 Å². The number of nitrogens with one attached hydrogen (secondary N) is 1. The normalized spacial score (nSPS) is 19.1. The van der Waals surface area contributed by atoms with Gasteiger partial charge in [0.05, 0.1) is 11.4 Å². The third-order valence-electron chi connectivity index (χ3n) is 5.09. The average molecular weight is 365 g/mol. The molecular formula is C18H27N3O3S. The molecule has 0 spiro atoms. The van der Waals surface area contributed by atoms with E-state index in [-0.39, 0.29) is 10.8 Å². The van der Waals surface area contributed by atoms with Crippen LogP contribution in [0.1, 0.15) is 44.9 Å². The van der Waals surface area contributed by atoms with Crippen LogP contribution in [0.3, 0.4) is 0 Å². The minimum atomic E-state index is -3.71. The first-order valence-corrected chi connectivity index (χ1v) is 10.6. The van der Waals surface area contributed by atoms with E-state index in [1.165, 1.54) is 57.1 Å². The number of carbonyl (C=O) groups is 1. The summed E-state index contributed by atoms with van der Waals surface area (Å²) in [7, 11) is -3.71. The Kier molecular flexibility index (Phi) is 5.76. The lowest BCUT2D eigenvalue weighted by Crippen LogP contribution is -2.38. The Morgan fingerprint density at radius 1 is 1.08 bits per heavy atom. The maximum Gasteiger partial charge on any atom is 0.238 e. The van der Waals surface area contributed by atoms with Gasteiger partial charge in [-0.25, -0.2) is 13.6 Å². The Labute approximate surface area is 149 Å². The highest BCUT2D eigenvalue weighted by molar-refractivity contribution is 7.89. The molecule has 138 valence electrons. The Bertz CT molecular complexity index is 693. The molecule has 1 aromatic carbocycles.